The van der Waals surface area contributed by atoms with Crippen molar-refractivity contribution in [3.8, 4) is 0 Å². The van der Waals surface area contributed by atoms with E-state index < -0.39 is 0 Å². The van der Waals surface area contributed by atoms with Gasteiger partial charge in [-0.15, -0.1) is 0 Å². The summed E-state index contributed by atoms with van der Waals surface area (Å²) in [5.41, 5.74) is 3.95. The Bertz CT molecular complexity index is 539. The zero-order chi connectivity index (χ0) is 21.6. The molecule has 0 rings (SSSR count). The number of carbonyl (C=O) groups excluding carboxylic acids is 1. The lowest BCUT2D eigenvalue weighted by molar-refractivity contribution is -0.156. The minimum atomic E-state index is -0.355. The monoisotopic (exact) mass is 408 g/mol. The maximum Gasteiger partial charge on any atom is 0.303 e. The Hall–Kier alpha value is -0.960. The molecule has 28 heavy (non-hydrogen) atoms. The van der Waals surface area contributed by atoms with Crippen LogP contribution in [0.5, 0.6) is 0 Å². The van der Waals surface area contributed by atoms with E-state index in [4.69, 9.17) is 4.74 Å². The minimum Gasteiger partial charge on any atom is -0.460 e. The topological polar surface area (TPSA) is 26.3 Å². The van der Waals surface area contributed by atoms with E-state index in [1.807, 2.05) is 11.8 Å². The zero-order valence-electron chi connectivity index (χ0n) is 19.7. The summed E-state index contributed by atoms with van der Waals surface area (Å²) >= 11 is 1.93. The molecule has 0 aromatic rings. The lowest BCUT2D eigenvalue weighted by atomic mass is 9.95. The van der Waals surface area contributed by atoms with Gasteiger partial charge in [-0.3, -0.25) is 4.79 Å². The highest BCUT2D eigenvalue weighted by molar-refractivity contribution is 7.99. The van der Waals surface area contributed by atoms with Crippen molar-refractivity contribution in [2.45, 2.75) is 111 Å². The van der Waals surface area contributed by atoms with Gasteiger partial charge in [0.25, 0.3) is 0 Å². The Morgan fingerprint density at radius 1 is 0.893 bits per heavy atom. The van der Waals surface area contributed by atoms with Crippen LogP contribution >= 0.6 is 11.8 Å². The van der Waals surface area contributed by atoms with Gasteiger partial charge in [0.1, 0.15) is 5.60 Å². The molecule has 0 spiro atoms. The van der Waals surface area contributed by atoms with E-state index in [0.717, 1.165) is 50.7 Å². The number of hydrogen-bond donors (Lipinski definition) is 0. The predicted octanol–water partition coefficient (Wildman–Crippen LogP) is 8.04. The molecule has 0 aliphatic rings. The summed E-state index contributed by atoms with van der Waals surface area (Å²) in [6, 6.07) is 0. The van der Waals surface area contributed by atoms with E-state index in [1.165, 1.54) is 23.6 Å². The average Bonchev–Trinajstić information content (AvgIpc) is 2.53. The van der Waals surface area contributed by atoms with Crippen LogP contribution in [0.3, 0.4) is 0 Å². The highest BCUT2D eigenvalue weighted by Crippen LogP contribution is 2.26. The van der Waals surface area contributed by atoms with E-state index in [1.54, 1.807) is 0 Å². The Morgan fingerprint density at radius 2 is 1.43 bits per heavy atom. The van der Waals surface area contributed by atoms with Gasteiger partial charge in [-0.2, -0.15) is 11.8 Å². The summed E-state index contributed by atoms with van der Waals surface area (Å²) in [4.78, 5) is 11.5. The summed E-state index contributed by atoms with van der Waals surface area (Å²) in [5, 5.41) is 0.613. The van der Waals surface area contributed by atoms with E-state index in [0.29, 0.717) is 5.25 Å². The average molecular weight is 409 g/mol. The number of ether oxygens (including phenoxy) is 1. The molecule has 162 valence electrons. The first-order valence-electron chi connectivity index (χ1n) is 10.8. The van der Waals surface area contributed by atoms with Crippen molar-refractivity contribution >= 4 is 17.7 Å². The van der Waals surface area contributed by atoms with Crippen LogP contribution in [0, 0.1) is 0 Å². The van der Waals surface area contributed by atoms with Crippen molar-refractivity contribution in [3.63, 3.8) is 0 Å². The maximum absolute atomic E-state index is 11.5. The second kappa shape index (κ2) is 15.0. The number of allylic oxidation sites excluding steroid dienone is 6. The maximum atomic E-state index is 11.5. The van der Waals surface area contributed by atoms with Gasteiger partial charge in [-0.25, -0.2) is 0 Å². The van der Waals surface area contributed by atoms with E-state index >= 15 is 0 Å². The second-order valence-corrected chi connectivity index (χ2v) is 10.4. The highest BCUT2D eigenvalue weighted by atomic mass is 32.2. The molecule has 0 heterocycles. The van der Waals surface area contributed by atoms with Gasteiger partial charge in [0, 0.05) is 6.92 Å². The molecule has 0 aromatic carbocycles. The molecule has 0 N–H and O–H groups in total. The fourth-order valence-corrected chi connectivity index (χ4v) is 4.07. The van der Waals surface area contributed by atoms with Gasteiger partial charge in [0.05, 0.1) is 0 Å². The molecule has 0 bridgehead atoms. The quantitative estimate of drug-likeness (QED) is 0.215. The highest BCUT2D eigenvalue weighted by Gasteiger charge is 2.26. The Labute approximate surface area is 179 Å². The molecule has 0 aromatic heterocycles. The van der Waals surface area contributed by atoms with E-state index in [-0.39, 0.29) is 11.6 Å². The molecule has 0 aliphatic carbocycles. The molecule has 1 atom stereocenters. The normalized spacial score (nSPS) is 14.8. The Morgan fingerprint density at radius 3 is 1.93 bits per heavy atom. The fraction of sp³-hybridized carbons (Fsp3) is 0.720. The summed E-state index contributed by atoms with van der Waals surface area (Å²) in [6.07, 6.45) is 14.3. The second-order valence-electron chi connectivity index (χ2n) is 8.71. The van der Waals surface area contributed by atoms with Crippen LogP contribution < -0.4 is 0 Å². The van der Waals surface area contributed by atoms with Crippen molar-refractivity contribution in [3.05, 3.63) is 34.9 Å². The van der Waals surface area contributed by atoms with Crippen LogP contribution in [0.4, 0.5) is 0 Å². The van der Waals surface area contributed by atoms with Crippen molar-refractivity contribution in [1.82, 2.24) is 0 Å². The first kappa shape index (κ1) is 27.0. The van der Waals surface area contributed by atoms with Crippen LogP contribution in [0.25, 0.3) is 0 Å². The van der Waals surface area contributed by atoms with Crippen LogP contribution in [0.2, 0.25) is 0 Å². The smallest absolute Gasteiger partial charge is 0.303 e. The van der Waals surface area contributed by atoms with Gasteiger partial charge in [0.15, 0.2) is 0 Å². The largest absolute Gasteiger partial charge is 0.460 e. The third-order valence-corrected chi connectivity index (χ3v) is 5.87. The number of carbonyl (C=O) groups is 1. The molecular weight excluding hydrogens is 364 g/mol. The van der Waals surface area contributed by atoms with Crippen LogP contribution in [-0.2, 0) is 9.53 Å². The van der Waals surface area contributed by atoms with Crippen LogP contribution in [0.15, 0.2) is 34.9 Å². The molecule has 2 nitrogen and oxygen atoms in total. The van der Waals surface area contributed by atoms with E-state index in [9.17, 15) is 4.79 Å². The molecular formula is C25H44O2S. The van der Waals surface area contributed by atoms with E-state index in [2.05, 4.69) is 66.7 Å². The van der Waals surface area contributed by atoms with Gasteiger partial charge in [-0.05, 0) is 90.6 Å². The number of hydrogen-bond acceptors (Lipinski definition) is 3. The summed E-state index contributed by atoms with van der Waals surface area (Å²) in [5.74, 6) is 0.854. The number of rotatable bonds is 14. The van der Waals surface area contributed by atoms with Crippen molar-refractivity contribution < 1.29 is 9.53 Å². The third-order valence-electron chi connectivity index (χ3n) is 4.76. The minimum absolute atomic E-state index is 0.175. The molecule has 0 saturated heterocycles. The lowest BCUT2D eigenvalue weighted by Crippen LogP contribution is -2.31. The fourth-order valence-electron chi connectivity index (χ4n) is 3.05. The van der Waals surface area contributed by atoms with Crippen molar-refractivity contribution in [1.29, 1.82) is 0 Å². The summed E-state index contributed by atoms with van der Waals surface area (Å²) < 4.78 is 5.67. The van der Waals surface area contributed by atoms with Crippen molar-refractivity contribution in [2.75, 3.05) is 5.75 Å². The molecule has 0 saturated carbocycles. The van der Waals surface area contributed by atoms with Gasteiger partial charge >= 0.3 is 5.97 Å². The zero-order valence-corrected chi connectivity index (χ0v) is 20.5. The van der Waals surface area contributed by atoms with Crippen LogP contribution in [0.1, 0.15) is 100 Å². The first-order valence-corrected chi connectivity index (χ1v) is 11.8. The Balaban J connectivity index is 4.41. The SMILES string of the molecule is CC(=O)O[C@](C)(CCC=C(C)CCC=C(C)CCC=C(C)C)CCSC(C)C. The molecule has 0 aliphatic heterocycles. The number of thioether (sulfide) groups is 1. The third kappa shape index (κ3) is 16.0. The lowest BCUT2D eigenvalue weighted by Gasteiger charge is -2.29. The van der Waals surface area contributed by atoms with Gasteiger partial charge in [-0.1, -0.05) is 48.8 Å². The molecule has 0 radical (unpaired) electrons. The summed E-state index contributed by atoms with van der Waals surface area (Å²) in [7, 11) is 0. The van der Waals surface area contributed by atoms with Crippen LogP contribution in [-0.4, -0.2) is 22.6 Å². The Kier molecular flexibility index (Phi) is 14.4. The molecule has 0 fully saturated rings. The number of esters is 1. The van der Waals surface area contributed by atoms with Crippen molar-refractivity contribution in [2.24, 2.45) is 0 Å². The van der Waals surface area contributed by atoms with Gasteiger partial charge < -0.3 is 4.74 Å². The molecule has 3 heteroatoms. The molecule has 0 unspecified atom stereocenters. The first-order chi connectivity index (χ1) is 13.0. The van der Waals surface area contributed by atoms with Gasteiger partial charge in [0.2, 0.25) is 0 Å². The standard InChI is InChI=1S/C25H44O2S/c1-20(2)12-9-13-22(5)14-10-15-23(6)16-11-17-25(8,27-24(7)26)18-19-28-21(3)4/h12,14,16,21H,9-11,13,15,17-19H2,1-8H3/t25-/m1/s1. The summed E-state index contributed by atoms with van der Waals surface area (Å²) in [6.45, 7) is 16.8. The molecule has 0 amide bonds. The predicted molar refractivity (Wildman–Crippen MR) is 127 cm³/mol.